The van der Waals surface area contributed by atoms with Crippen LogP contribution in [0.2, 0.25) is 0 Å². The minimum absolute atomic E-state index is 0.00187. The molecule has 0 saturated carbocycles. The Morgan fingerprint density at radius 3 is 2.07 bits per heavy atom. The van der Waals surface area contributed by atoms with Crippen LogP contribution in [-0.4, -0.2) is 0 Å². The van der Waals surface area contributed by atoms with Gasteiger partial charge in [0.1, 0.15) is 11.2 Å². The van der Waals surface area contributed by atoms with Crippen molar-refractivity contribution in [1.82, 2.24) is 0 Å². The van der Waals surface area contributed by atoms with Crippen LogP contribution in [0.4, 0.5) is 0 Å². The van der Waals surface area contributed by atoms with E-state index in [9.17, 15) is 0 Å². The van der Waals surface area contributed by atoms with Gasteiger partial charge in [0, 0.05) is 10.8 Å². The largest absolute Gasteiger partial charge is 0.456 e. The highest BCUT2D eigenvalue weighted by molar-refractivity contribution is 6.15. The van der Waals surface area contributed by atoms with Gasteiger partial charge in [-0.15, -0.1) is 0 Å². The molecule has 1 nitrogen and oxygen atoms in total. The normalized spacial score (nSPS) is 13.9. The fourth-order valence-corrected chi connectivity index (χ4v) is 4.26. The lowest BCUT2D eigenvalue weighted by molar-refractivity contribution is 0.596. The van der Waals surface area contributed by atoms with Gasteiger partial charge in [-0.1, -0.05) is 99.0 Å². The molecule has 0 radical (unpaired) electrons. The van der Waals surface area contributed by atoms with Crippen molar-refractivity contribution in [2.75, 3.05) is 0 Å². The Balaban J connectivity index is 1.99. The summed E-state index contributed by atoms with van der Waals surface area (Å²) >= 11 is 0. The summed E-state index contributed by atoms with van der Waals surface area (Å²) in [6, 6.07) is 20.0. The molecule has 0 spiro atoms. The van der Waals surface area contributed by atoms with Crippen LogP contribution in [0.1, 0.15) is 37.4 Å². The molecule has 1 heteroatoms. The molecule has 4 aromatic carbocycles. The molecule has 0 N–H and O–H groups in total. The van der Waals surface area contributed by atoms with Gasteiger partial charge in [-0.05, 0) is 52.3 Å². The van der Waals surface area contributed by atoms with Gasteiger partial charge in [-0.2, -0.15) is 0 Å². The first-order valence-corrected chi connectivity index (χ1v) is 10.2. The molecule has 0 saturated heterocycles. The Morgan fingerprint density at radius 1 is 0.667 bits per heavy atom. The van der Waals surface area contributed by atoms with Gasteiger partial charge in [0.25, 0.3) is 0 Å². The zero-order chi connectivity index (χ0) is 24.4. The Hall–Kier alpha value is -3.32. The smallest absolute Gasteiger partial charge is 0.136 e. The third-order valence-corrected chi connectivity index (χ3v) is 5.52. The molecule has 148 valence electrons. The van der Waals surface area contributed by atoms with Crippen molar-refractivity contribution in [3.05, 3.63) is 96.0 Å². The van der Waals surface area contributed by atoms with E-state index in [1.54, 1.807) is 6.92 Å². The summed E-state index contributed by atoms with van der Waals surface area (Å²) in [5, 5.41) is 1.95. The van der Waals surface area contributed by atoms with Crippen LogP contribution in [0.25, 0.3) is 44.2 Å². The number of benzene rings is 4. The Kier molecular flexibility index (Phi) is 3.36. The summed E-state index contributed by atoms with van der Waals surface area (Å²) in [6.45, 7) is 7.97. The minimum Gasteiger partial charge on any atom is -0.456 e. The van der Waals surface area contributed by atoms with E-state index in [0.717, 1.165) is 38.6 Å². The molecule has 30 heavy (non-hydrogen) atoms. The highest BCUT2D eigenvalue weighted by Crippen LogP contribution is 2.45. The number of furan rings is 1. The van der Waals surface area contributed by atoms with E-state index in [4.69, 9.17) is 9.90 Å². The number of hydrogen-bond donors (Lipinski definition) is 0. The van der Waals surface area contributed by atoms with Crippen LogP contribution < -0.4 is 0 Å². The first-order chi connectivity index (χ1) is 16.1. The summed E-state index contributed by atoms with van der Waals surface area (Å²) in [5.74, 6) is 0. The second-order valence-corrected chi connectivity index (χ2v) is 8.76. The molecule has 1 aromatic heterocycles. The summed E-state index contributed by atoms with van der Waals surface area (Å²) in [7, 11) is 0. The van der Waals surface area contributed by atoms with Crippen molar-refractivity contribution in [3.63, 3.8) is 0 Å². The van der Waals surface area contributed by atoms with Crippen LogP contribution in [-0.2, 0) is 5.41 Å². The molecule has 0 atom stereocenters. The predicted molar refractivity (Wildman–Crippen MR) is 128 cm³/mol. The SMILES string of the molecule is [2H]c1c([2H])c(-c2ccc3oc4cccc(-c5ccccc5)c4c3c2C(C)(C)C)c([2H])c([2H])c1C. The highest BCUT2D eigenvalue weighted by atomic mass is 16.3. The van der Waals surface area contributed by atoms with Crippen molar-refractivity contribution >= 4 is 21.9 Å². The fraction of sp³-hybridized carbons (Fsp3) is 0.172. The van der Waals surface area contributed by atoms with Crippen molar-refractivity contribution in [2.24, 2.45) is 0 Å². The van der Waals surface area contributed by atoms with E-state index in [1.165, 1.54) is 0 Å². The molecule has 0 aliphatic rings. The van der Waals surface area contributed by atoms with Crippen LogP contribution >= 0.6 is 0 Å². The number of hydrogen-bond acceptors (Lipinski definition) is 1. The van der Waals surface area contributed by atoms with Crippen LogP contribution in [0, 0.1) is 6.92 Å². The molecule has 5 rings (SSSR count). The van der Waals surface area contributed by atoms with Gasteiger partial charge >= 0.3 is 0 Å². The number of rotatable bonds is 2. The van der Waals surface area contributed by atoms with Gasteiger partial charge < -0.3 is 4.42 Å². The highest BCUT2D eigenvalue weighted by Gasteiger charge is 2.26. The first-order valence-electron chi connectivity index (χ1n) is 12.2. The Labute approximate surface area is 183 Å². The maximum absolute atomic E-state index is 8.71. The van der Waals surface area contributed by atoms with Gasteiger partial charge in [0.15, 0.2) is 0 Å². The Bertz CT molecular complexity index is 1540. The summed E-state index contributed by atoms with van der Waals surface area (Å²) in [5.41, 5.74) is 5.67. The molecule has 0 aliphatic carbocycles. The summed E-state index contributed by atoms with van der Waals surface area (Å²) in [6.07, 6.45) is 0. The van der Waals surface area contributed by atoms with E-state index in [-0.39, 0.29) is 29.6 Å². The van der Waals surface area contributed by atoms with E-state index in [2.05, 4.69) is 39.0 Å². The van der Waals surface area contributed by atoms with Crippen molar-refractivity contribution in [3.8, 4) is 22.3 Å². The molecule has 0 fully saturated rings. The molecule has 0 aliphatic heterocycles. The average molecular weight is 395 g/mol. The lowest BCUT2D eigenvalue weighted by Gasteiger charge is -2.25. The van der Waals surface area contributed by atoms with E-state index in [1.807, 2.05) is 42.5 Å². The zero-order valence-corrected chi connectivity index (χ0v) is 17.7. The van der Waals surface area contributed by atoms with Gasteiger partial charge in [0.05, 0.1) is 5.48 Å². The molecular formula is C29H26O. The topological polar surface area (TPSA) is 13.1 Å². The quantitative estimate of drug-likeness (QED) is 0.292. The van der Waals surface area contributed by atoms with Crippen LogP contribution in [0.3, 0.4) is 0 Å². The molecule has 0 bridgehead atoms. The van der Waals surface area contributed by atoms with Gasteiger partial charge in [-0.3, -0.25) is 0 Å². The minimum atomic E-state index is -0.358. The lowest BCUT2D eigenvalue weighted by atomic mass is 9.78. The first kappa shape index (κ1) is 14.6. The van der Waals surface area contributed by atoms with Gasteiger partial charge in [0.2, 0.25) is 0 Å². The van der Waals surface area contributed by atoms with Crippen molar-refractivity contribution < 1.29 is 9.90 Å². The van der Waals surface area contributed by atoms with E-state index < -0.39 is 0 Å². The molecule has 0 amide bonds. The third kappa shape index (κ3) is 3.02. The lowest BCUT2D eigenvalue weighted by Crippen LogP contribution is -2.13. The standard InChI is InChI=1S/C29H26O/c1-19-13-15-21(16-14-19)23-17-18-25-27(28(23)29(2,3)4)26-22(11-8-12-24(26)30-25)20-9-6-5-7-10-20/h5-18H,1-4H3/i13D,14D,15D,16D. The molecule has 1 heterocycles. The van der Waals surface area contributed by atoms with Crippen LogP contribution in [0.5, 0.6) is 0 Å². The Morgan fingerprint density at radius 2 is 1.37 bits per heavy atom. The maximum atomic E-state index is 8.71. The monoisotopic (exact) mass is 394 g/mol. The molecular weight excluding hydrogens is 364 g/mol. The van der Waals surface area contributed by atoms with Crippen molar-refractivity contribution in [1.29, 1.82) is 0 Å². The summed E-state index contributed by atoms with van der Waals surface area (Å²) in [4.78, 5) is 0. The fourth-order valence-electron chi connectivity index (χ4n) is 4.26. The zero-order valence-electron chi connectivity index (χ0n) is 21.7. The second-order valence-electron chi connectivity index (χ2n) is 8.76. The molecule has 5 aromatic rings. The van der Waals surface area contributed by atoms with Gasteiger partial charge in [-0.25, -0.2) is 0 Å². The van der Waals surface area contributed by atoms with Crippen molar-refractivity contribution in [2.45, 2.75) is 33.1 Å². The average Bonchev–Trinajstić information content (AvgIpc) is 3.20. The third-order valence-electron chi connectivity index (χ3n) is 5.52. The number of fused-ring (bicyclic) bond motifs is 3. The van der Waals surface area contributed by atoms with E-state index in [0.29, 0.717) is 16.7 Å². The second kappa shape index (κ2) is 6.88. The van der Waals surface area contributed by atoms with Crippen LogP contribution in [0.15, 0.2) is 89.3 Å². The maximum Gasteiger partial charge on any atom is 0.136 e. The predicted octanol–water partition coefficient (Wildman–Crippen LogP) is 8.53. The molecule has 0 unspecified atom stereocenters. The van der Waals surface area contributed by atoms with E-state index >= 15 is 0 Å². The summed E-state index contributed by atoms with van der Waals surface area (Å²) < 4.78 is 40.5.